The molecule has 0 radical (unpaired) electrons. The first-order valence-corrected chi connectivity index (χ1v) is 7.72. The molecule has 0 atom stereocenters. The molecule has 2 rings (SSSR count). The smallest absolute Gasteiger partial charge is 0.350 e. The Labute approximate surface area is 120 Å². The van der Waals surface area contributed by atoms with Crippen molar-refractivity contribution in [3.8, 4) is 0 Å². The number of aromatic nitrogens is 3. The fraction of sp³-hybridized carbons (Fsp3) is 0.786. The van der Waals surface area contributed by atoms with E-state index in [9.17, 15) is 4.79 Å². The highest BCUT2D eigenvalue weighted by Gasteiger charge is 2.17. The molecule has 1 heterocycles. The standard InChI is InChI=1S/C14H25N5O/c1-3-9-19(10-4-2)13-16-12(17-14(20)18-13)15-11-7-5-6-8-11/h11H,3-10H2,1-2H3,(H2,15,16,17,18,20). The number of anilines is 2. The van der Waals surface area contributed by atoms with E-state index in [2.05, 4.69) is 39.0 Å². The Bertz CT molecular complexity index is 461. The molecule has 1 aromatic rings. The van der Waals surface area contributed by atoms with Gasteiger partial charge >= 0.3 is 5.69 Å². The van der Waals surface area contributed by atoms with E-state index < -0.39 is 0 Å². The predicted octanol–water partition coefficient (Wildman–Crippen LogP) is 2.15. The molecule has 1 aromatic heterocycles. The van der Waals surface area contributed by atoms with Gasteiger partial charge in [-0.3, -0.25) is 4.98 Å². The number of H-pyrrole nitrogens is 1. The fourth-order valence-corrected chi connectivity index (χ4v) is 2.70. The van der Waals surface area contributed by atoms with Crippen molar-refractivity contribution in [3.63, 3.8) is 0 Å². The molecule has 6 heteroatoms. The van der Waals surface area contributed by atoms with Crippen LogP contribution >= 0.6 is 0 Å². The molecule has 0 spiro atoms. The number of rotatable bonds is 7. The SMILES string of the molecule is CCCN(CCC)c1nc(NC2CCCC2)[nH]c(=O)n1. The van der Waals surface area contributed by atoms with Gasteiger partial charge in [-0.1, -0.05) is 26.7 Å². The number of aromatic amines is 1. The van der Waals surface area contributed by atoms with Gasteiger partial charge in [0, 0.05) is 19.1 Å². The Hall–Kier alpha value is -1.59. The Morgan fingerprint density at radius 3 is 2.45 bits per heavy atom. The van der Waals surface area contributed by atoms with Gasteiger partial charge in [0.1, 0.15) is 0 Å². The molecule has 2 N–H and O–H groups in total. The first kappa shape index (κ1) is 14.8. The molecule has 6 nitrogen and oxygen atoms in total. The molecular formula is C14H25N5O. The molecule has 1 saturated carbocycles. The van der Waals surface area contributed by atoms with Crippen molar-refractivity contribution in [1.29, 1.82) is 0 Å². The minimum Gasteiger partial charge on any atom is -0.353 e. The van der Waals surface area contributed by atoms with Crippen LogP contribution in [0.2, 0.25) is 0 Å². The fourth-order valence-electron chi connectivity index (χ4n) is 2.70. The molecule has 0 amide bonds. The summed E-state index contributed by atoms with van der Waals surface area (Å²) >= 11 is 0. The van der Waals surface area contributed by atoms with E-state index in [4.69, 9.17) is 0 Å². The van der Waals surface area contributed by atoms with Gasteiger partial charge in [0.2, 0.25) is 11.9 Å². The molecule has 0 aromatic carbocycles. The molecule has 0 aliphatic heterocycles. The summed E-state index contributed by atoms with van der Waals surface area (Å²) in [7, 11) is 0. The summed E-state index contributed by atoms with van der Waals surface area (Å²) in [5, 5.41) is 3.33. The summed E-state index contributed by atoms with van der Waals surface area (Å²) in [6, 6.07) is 0.430. The van der Waals surface area contributed by atoms with Crippen LogP contribution in [0.15, 0.2) is 4.79 Å². The summed E-state index contributed by atoms with van der Waals surface area (Å²) < 4.78 is 0. The Morgan fingerprint density at radius 1 is 1.20 bits per heavy atom. The van der Waals surface area contributed by atoms with Crippen molar-refractivity contribution in [2.45, 2.75) is 58.4 Å². The maximum atomic E-state index is 11.7. The molecule has 1 aliphatic carbocycles. The highest BCUT2D eigenvalue weighted by molar-refractivity contribution is 5.36. The topological polar surface area (TPSA) is 73.9 Å². The number of nitrogens with zero attached hydrogens (tertiary/aromatic N) is 3. The van der Waals surface area contributed by atoms with Crippen LogP contribution in [0.5, 0.6) is 0 Å². The number of hydrogen-bond donors (Lipinski definition) is 2. The molecule has 20 heavy (non-hydrogen) atoms. The number of nitrogens with one attached hydrogen (secondary N) is 2. The van der Waals surface area contributed by atoms with Crippen LogP contribution in [-0.4, -0.2) is 34.1 Å². The average Bonchev–Trinajstić information content (AvgIpc) is 2.90. The quantitative estimate of drug-likeness (QED) is 0.800. The van der Waals surface area contributed by atoms with E-state index in [1.807, 2.05) is 0 Å². The third kappa shape index (κ3) is 3.95. The van der Waals surface area contributed by atoms with Gasteiger partial charge in [-0.15, -0.1) is 0 Å². The molecule has 1 fully saturated rings. The van der Waals surface area contributed by atoms with Crippen LogP contribution in [0.1, 0.15) is 52.4 Å². The largest absolute Gasteiger partial charge is 0.353 e. The summed E-state index contributed by atoms with van der Waals surface area (Å²) in [4.78, 5) is 25.0. The van der Waals surface area contributed by atoms with Gasteiger partial charge in [-0.05, 0) is 25.7 Å². The summed E-state index contributed by atoms with van der Waals surface area (Å²) in [5.74, 6) is 1.10. The maximum Gasteiger partial charge on any atom is 0.350 e. The number of hydrogen-bond acceptors (Lipinski definition) is 5. The van der Waals surface area contributed by atoms with E-state index in [0.717, 1.165) is 38.8 Å². The van der Waals surface area contributed by atoms with Crippen LogP contribution in [0, 0.1) is 0 Å². The van der Waals surface area contributed by atoms with Crippen LogP contribution in [-0.2, 0) is 0 Å². The van der Waals surface area contributed by atoms with E-state index in [-0.39, 0.29) is 5.69 Å². The van der Waals surface area contributed by atoms with Crippen LogP contribution in [0.4, 0.5) is 11.9 Å². The van der Waals surface area contributed by atoms with Crippen molar-refractivity contribution < 1.29 is 0 Å². The van der Waals surface area contributed by atoms with E-state index >= 15 is 0 Å². The third-order valence-electron chi connectivity index (χ3n) is 3.60. The molecule has 1 aliphatic rings. The Balaban J connectivity index is 2.15. The van der Waals surface area contributed by atoms with E-state index in [0.29, 0.717) is 17.9 Å². The van der Waals surface area contributed by atoms with Gasteiger partial charge < -0.3 is 10.2 Å². The average molecular weight is 279 g/mol. The van der Waals surface area contributed by atoms with Crippen molar-refractivity contribution in [2.24, 2.45) is 0 Å². The maximum absolute atomic E-state index is 11.7. The second kappa shape index (κ2) is 7.26. The first-order valence-electron chi connectivity index (χ1n) is 7.72. The van der Waals surface area contributed by atoms with Crippen molar-refractivity contribution >= 4 is 11.9 Å². The molecular weight excluding hydrogens is 254 g/mol. The highest BCUT2D eigenvalue weighted by atomic mass is 16.1. The monoisotopic (exact) mass is 279 g/mol. The summed E-state index contributed by atoms with van der Waals surface area (Å²) in [6.07, 6.45) is 6.82. The second-order valence-corrected chi connectivity index (χ2v) is 5.42. The van der Waals surface area contributed by atoms with Gasteiger partial charge in [0.15, 0.2) is 0 Å². The van der Waals surface area contributed by atoms with Gasteiger partial charge in [0.25, 0.3) is 0 Å². The van der Waals surface area contributed by atoms with Crippen LogP contribution < -0.4 is 15.9 Å². The lowest BCUT2D eigenvalue weighted by Crippen LogP contribution is -2.31. The first-order chi connectivity index (χ1) is 9.72. The molecule has 0 unspecified atom stereocenters. The van der Waals surface area contributed by atoms with Crippen molar-refractivity contribution in [2.75, 3.05) is 23.3 Å². The predicted molar refractivity (Wildman–Crippen MR) is 81.3 cm³/mol. The molecule has 0 bridgehead atoms. The molecule has 0 saturated heterocycles. The van der Waals surface area contributed by atoms with Crippen molar-refractivity contribution in [3.05, 3.63) is 10.5 Å². The minimum atomic E-state index is -0.326. The minimum absolute atomic E-state index is 0.326. The van der Waals surface area contributed by atoms with E-state index in [1.54, 1.807) is 0 Å². The Morgan fingerprint density at radius 2 is 1.85 bits per heavy atom. The zero-order valence-corrected chi connectivity index (χ0v) is 12.5. The Kier molecular flexibility index (Phi) is 5.38. The lowest BCUT2D eigenvalue weighted by Gasteiger charge is -2.21. The zero-order valence-electron chi connectivity index (χ0n) is 12.5. The van der Waals surface area contributed by atoms with Gasteiger partial charge in [-0.25, -0.2) is 4.79 Å². The van der Waals surface area contributed by atoms with Crippen molar-refractivity contribution in [1.82, 2.24) is 15.0 Å². The second-order valence-electron chi connectivity index (χ2n) is 5.42. The van der Waals surface area contributed by atoms with Crippen LogP contribution in [0.25, 0.3) is 0 Å². The van der Waals surface area contributed by atoms with Crippen LogP contribution in [0.3, 0.4) is 0 Å². The summed E-state index contributed by atoms with van der Waals surface area (Å²) in [5.41, 5.74) is -0.326. The van der Waals surface area contributed by atoms with Gasteiger partial charge in [-0.2, -0.15) is 9.97 Å². The zero-order chi connectivity index (χ0) is 14.4. The lowest BCUT2D eigenvalue weighted by atomic mass is 10.3. The molecule has 112 valence electrons. The summed E-state index contributed by atoms with van der Waals surface area (Å²) in [6.45, 7) is 5.99. The third-order valence-corrected chi connectivity index (χ3v) is 3.60. The normalized spacial score (nSPS) is 15.5. The highest BCUT2D eigenvalue weighted by Crippen LogP contribution is 2.20. The van der Waals surface area contributed by atoms with Gasteiger partial charge in [0.05, 0.1) is 0 Å². The van der Waals surface area contributed by atoms with E-state index in [1.165, 1.54) is 12.8 Å². The lowest BCUT2D eigenvalue weighted by molar-refractivity contribution is 0.705.